The highest BCUT2D eigenvalue weighted by molar-refractivity contribution is 5.68. The van der Waals surface area contributed by atoms with Crippen LogP contribution in [-0.2, 0) is 19.0 Å². The molecule has 0 spiro atoms. The maximum absolute atomic E-state index is 11.3. The largest absolute Gasteiger partial charge is 0.480 e. The van der Waals surface area contributed by atoms with Crippen molar-refractivity contribution < 1.29 is 34.0 Å². The number of hydrogen-bond donors (Lipinski definition) is 3. The van der Waals surface area contributed by atoms with Crippen molar-refractivity contribution in [1.29, 1.82) is 0 Å². The summed E-state index contributed by atoms with van der Waals surface area (Å²) in [5.74, 6) is -1.09. The van der Waals surface area contributed by atoms with Gasteiger partial charge in [0.1, 0.15) is 18.3 Å². The third-order valence-corrected chi connectivity index (χ3v) is 1.98. The van der Waals surface area contributed by atoms with Gasteiger partial charge in [-0.2, -0.15) is 0 Å². The van der Waals surface area contributed by atoms with Gasteiger partial charge in [0.15, 0.2) is 0 Å². The maximum Gasteiger partial charge on any atom is 0.407 e. The number of amides is 1. The predicted molar refractivity (Wildman–Crippen MR) is 74.1 cm³/mol. The summed E-state index contributed by atoms with van der Waals surface area (Å²) in [5, 5.41) is 20.3. The van der Waals surface area contributed by atoms with Gasteiger partial charge in [-0.3, -0.25) is 0 Å². The number of carbonyl (C=O) groups is 2. The second-order valence-corrected chi connectivity index (χ2v) is 5.42. The molecule has 1 atom stereocenters. The third kappa shape index (κ3) is 14.8. The zero-order valence-corrected chi connectivity index (χ0v) is 12.8. The van der Waals surface area contributed by atoms with E-state index in [1.807, 2.05) is 0 Å². The van der Waals surface area contributed by atoms with Gasteiger partial charge in [0.25, 0.3) is 0 Å². The lowest BCUT2D eigenvalue weighted by molar-refractivity contribution is -0.143. The van der Waals surface area contributed by atoms with Gasteiger partial charge in [-0.25, -0.2) is 9.59 Å². The molecule has 0 saturated heterocycles. The van der Waals surface area contributed by atoms with Crippen LogP contribution in [0.1, 0.15) is 27.2 Å². The van der Waals surface area contributed by atoms with Crippen molar-refractivity contribution in [1.82, 2.24) is 5.32 Å². The predicted octanol–water partition coefficient (Wildman–Crippen LogP) is 0.380. The zero-order valence-electron chi connectivity index (χ0n) is 12.8. The highest BCUT2D eigenvalue weighted by atomic mass is 16.6. The molecule has 21 heavy (non-hydrogen) atoms. The van der Waals surface area contributed by atoms with Crippen LogP contribution in [0.2, 0.25) is 0 Å². The lowest BCUT2D eigenvalue weighted by Crippen LogP contribution is -2.33. The first-order chi connectivity index (χ1) is 9.70. The molecule has 0 fully saturated rings. The number of aliphatic hydroxyl groups excluding tert-OH is 1. The molecule has 0 heterocycles. The van der Waals surface area contributed by atoms with E-state index in [2.05, 4.69) is 5.32 Å². The Hall–Kier alpha value is -1.38. The number of carbonyl (C=O) groups excluding carboxylic acids is 1. The fourth-order valence-corrected chi connectivity index (χ4v) is 1.23. The Balaban J connectivity index is 3.43. The van der Waals surface area contributed by atoms with E-state index in [9.17, 15) is 14.7 Å². The van der Waals surface area contributed by atoms with E-state index in [4.69, 9.17) is 19.3 Å². The van der Waals surface area contributed by atoms with Gasteiger partial charge in [-0.05, 0) is 27.2 Å². The Labute approximate surface area is 124 Å². The lowest BCUT2D eigenvalue weighted by atomic mass is 10.2. The number of aliphatic carboxylic acids is 1. The van der Waals surface area contributed by atoms with Gasteiger partial charge >= 0.3 is 12.1 Å². The first-order valence-electron chi connectivity index (χ1n) is 6.73. The van der Waals surface area contributed by atoms with Crippen LogP contribution in [0.15, 0.2) is 0 Å². The van der Waals surface area contributed by atoms with Crippen LogP contribution in [0.3, 0.4) is 0 Å². The normalized spacial score (nSPS) is 12.8. The van der Waals surface area contributed by atoms with Gasteiger partial charge in [-0.15, -0.1) is 0 Å². The van der Waals surface area contributed by atoms with Crippen LogP contribution in [0.5, 0.6) is 0 Å². The summed E-state index contributed by atoms with van der Waals surface area (Å²) in [6.45, 7) is 5.61. The number of carboxylic acids is 1. The van der Waals surface area contributed by atoms with E-state index in [0.717, 1.165) is 0 Å². The Morgan fingerprint density at radius 3 is 2.38 bits per heavy atom. The van der Waals surface area contributed by atoms with Crippen LogP contribution < -0.4 is 5.32 Å². The highest BCUT2D eigenvalue weighted by Crippen LogP contribution is 2.06. The standard InChI is InChI=1S/C13H25NO7/c1-13(2,3)21-12(18)14-5-4-6-19-7-10(15)8-20-9-11(16)17/h10,15H,4-9H2,1-3H3,(H,14,18)(H,16,17). The molecule has 3 N–H and O–H groups in total. The molecule has 0 aliphatic rings. The first kappa shape index (κ1) is 19.6. The summed E-state index contributed by atoms with van der Waals surface area (Å²) in [6.07, 6.45) is -0.783. The Bertz CT molecular complexity index is 314. The number of carboxylic acid groups (broad SMARTS) is 1. The Morgan fingerprint density at radius 2 is 1.81 bits per heavy atom. The van der Waals surface area contributed by atoms with Crippen molar-refractivity contribution >= 4 is 12.1 Å². The summed E-state index contributed by atoms with van der Waals surface area (Å²) < 4.78 is 14.9. The molecule has 0 aliphatic carbocycles. The van der Waals surface area contributed by atoms with E-state index in [-0.39, 0.29) is 13.2 Å². The smallest absolute Gasteiger partial charge is 0.407 e. The molecule has 0 radical (unpaired) electrons. The molecular weight excluding hydrogens is 282 g/mol. The summed E-state index contributed by atoms with van der Waals surface area (Å²) in [7, 11) is 0. The van der Waals surface area contributed by atoms with E-state index in [1.165, 1.54) is 0 Å². The van der Waals surface area contributed by atoms with E-state index < -0.39 is 30.4 Å². The Morgan fingerprint density at radius 1 is 1.19 bits per heavy atom. The van der Waals surface area contributed by atoms with Gasteiger partial charge < -0.3 is 29.7 Å². The van der Waals surface area contributed by atoms with Crippen molar-refractivity contribution in [2.45, 2.75) is 38.9 Å². The van der Waals surface area contributed by atoms with Gasteiger partial charge in [0, 0.05) is 13.2 Å². The second-order valence-electron chi connectivity index (χ2n) is 5.42. The summed E-state index contributed by atoms with van der Waals surface area (Å²) in [6, 6.07) is 0. The molecule has 8 heteroatoms. The lowest BCUT2D eigenvalue weighted by Gasteiger charge is -2.19. The van der Waals surface area contributed by atoms with Crippen molar-refractivity contribution in [3.63, 3.8) is 0 Å². The minimum atomic E-state index is -1.09. The number of alkyl carbamates (subject to hydrolysis) is 1. The number of hydrogen-bond acceptors (Lipinski definition) is 6. The quantitative estimate of drug-likeness (QED) is 0.500. The van der Waals surface area contributed by atoms with Crippen LogP contribution in [0, 0.1) is 0 Å². The second kappa shape index (κ2) is 10.4. The summed E-state index contributed by atoms with van der Waals surface area (Å²) in [5.41, 5.74) is -0.527. The molecular formula is C13H25NO7. The van der Waals surface area contributed by atoms with Crippen molar-refractivity contribution in [2.24, 2.45) is 0 Å². The molecule has 124 valence electrons. The minimum absolute atomic E-state index is 0.0477. The summed E-state index contributed by atoms with van der Waals surface area (Å²) in [4.78, 5) is 21.5. The average molecular weight is 307 g/mol. The van der Waals surface area contributed by atoms with Crippen LogP contribution >= 0.6 is 0 Å². The average Bonchev–Trinajstić information content (AvgIpc) is 2.30. The first-order valence-corrected chi connectivity index (χ1v) is 6.73. The molecule has 0 bridgehead atoms. The molecule has 0 rings (SSSR count). The van der Waals surface area contributed by atoms with Crippen molar-refractivity contribution in [3.8, 4) is 0 Å². The van der Waals surface area contributed by atoms with Gasteiger partial charge in [-0.1, -0.05) is 0 Å². The SMILES string of the molecule is CC(C)(C)OC(=O)NCCCOCC(O)COCC(=O)O. The number of aliphatic hydroxyl groups is 1. The van der Waals surface area contributed by atoms with E-state index in [1.54, 1.807) is 20.8 Å². The molecule has 0 aliphatic heterocycles. The molecule has 0 aromatic rings. The maximum atomic E-state index is 11.3. The number of ether oxygens (including phenoxy) is 3. The van der Waals surface area contributed by atoms with Crippen LogP contribution in [-0.4, -0.2) is 67.0 Å². The minimum Gasteiger partial charge on any atom is -0.480 e. The number of nitrogens with one attached hydrogen (secondary N) is 1. The molecule has 0 aromatic carbocycles. The summed E-state index contributed by atoms with van der Waals surface area (Å²) >= 11 is 0. The van der Waals surface area contributed by atoms with E-state index in [0.29, 0.717) is 19.6 Å². The molecule has 0 saturated carbocycles. The molecule has 0 aromatic heterocycles. The van der Waals surface area contributed by atoms with Gasteiger partial charge in [0.2, 0.25) is 0 Å². The number of rotatable bonds is 10. The Kier molecular flexibility index (Phi) is 9.68. The third-order valence-electron chi connectivity index (χ3n) is 1.98. The molecule has 1 amide bonds. The van der Waals surface area contributed by atoms with Crippen molar-refractivity contribution in [3.05, 3.63) is 0 Å². The fourth-order valence-electron chi connectivity index (χ4n) is 1.23. The monoisotopic (exact) mass is 307 g/mol. The fraction of sp³-hybridized carbons (Fsp3) is 0.846. The van der Waals surface area contributed by atoms with E-state index >= 15 is 0 Å². The van der Waals surface area contributed by atoms with Crippen molar-refractivity contribution in [2.75, 3.05) is 33.0 Å². The topological polar surface area (TPSA) is 114 Å². The zero-order chi connectivity index (χ0) is 16.3. The molecule has 1 unspecified atom stereocenters. The van der Waals surface area contributed by atoms with Crippen LogP contribution in [0.4, 0.5) is 4.79 Å². The molecule has 8 nitrogen and oxygen atoms in total. The van der Waals surface area contributed by atoms with Crippen LogP contribution in [0.25, 0.3) is 0 Å². The highest BCUT2D eigenvalue weighted by Gasteiger charge is 2.15. The van der Waals surface area contributed by atoms with Gasteiger partial charge in [0.05, 0.1) is 13.2 Å².